The van der Waals surface area contributed by atoms with Gasteiger partial charge >= 0.3 is 5.97 Å². The number of nitrogens with zero attached hydrogens (tertiary/aromatic N) is 1. The van der Waals surface area contributed by atoms with Gasteiger partial charge in [-0.3, -0.25) is 9.59 Å². The summed E-state index contributed by atoms with van der Waals surface area (Å²) in [4.78, 5) is 35.8. The van der Waals surface area contributed by atoms with E-state index in [0.717, 1.165) is 17.2 Å². The largest absolute Gasteiger partial charge is 0.493 e. The number of allylic oxidation sites excluding steroid dienone is 1. The van der Waals surface area contributed by atoms with Crippen molar-refractivity contribution in [3.05, 3.63) is 70.8 Å². The van der Waals surface area contributed by atoms with Crippen molar-refractivity contribution in [2.24, 2.45) is 5.92 Å². The van der Waals surface area contributed by atoms with E-state index in [1.807, 2.05) is 6.07 Å². The number of nitrogens with one attached hydrogen (secondary N) is 1. The van der Waals surface area contributed by atoms with Gasteiger partial charge in [-0.2, -0.15) is 5.26 Å². The zero-order valence-electron chi connectivity index (χ0n) is 17.6. The van der Waals surface area contributed by atoms with Crippen molar-refractivity contribution in [1.82, 2.24) is 0 Å². The molecule has 2 aromatic carbocycles. The fourth-order valence-electron chi connectivity index (χ4n) is 4.41. The van der Waals surface area contributed by atoms with Gasteiger partial charge in [-0.05, 0) is 62.1 Å². The molecule has 1 spiro atoms. The number of ether oxygens (including phenoxy) is 1. The van der Waals surface area contributed by atoms with E-state index in [9.17, 15) is 19.6 Å². The van der Waals surface area contributed by atoms with E-state index in [0.29, 0.717) is 48.4 Å². The van der Waals surface area contributed by atoms with Crippen molar-refractivity contribution in [3.8, 4) is 11.8 Å². The number of Topliss-reactive ketones (excluding diaryl/α,β-unsaturated/α-hetero) is 1. The van der Waals surface area contributed by atoms with Crippen LogP contribution in [0, 0.1) is 17.2 Å². The van der Waals surface area contributed by atoms with Crippen LogP contribution in [0.15, 0.2) is 48.6 Å². The fraction of sp³-hybridized carbons (Fsp3) is 0.280. The van der Waals surface area contributed by atoms with E-state index in [2.05, 4.69) is 11.4 Å². The van der Waals surface area contributed by atoms with E-state index in [4.69, 9.17) is 9.84 Å². The highest BCUT2D eigenvalue weighted by molar-refractivity contribution is 5.98. The lowest BCUT2D eigenvalue weighted by Gasteiger charge is -2.27. The van der Waals surface area contributed by atoms with Gasteiger partial charge in [0, 0.05) is 34.2 Å². The monoisotopic (exact) mass is 430 g/mol. The number of aliphatic carboxylic acids is 1. The Morgan fingerprint density at radius 2 is 2.09 bits per heavy atom. The maximum Gasteiger partial charge on any atom is 0.327 e. The molecule has 7 heteroatoms. The van der Waals surface area contributed by atoms with Gasteiger partial charge in [0.1, 0.15) is 5.75 Å². The molecule has 1 fully saturated rings. The van der Waals surface area contributed by atoms with E-state index in [1.54, 1.807) is 30.3 Å². The number of benzene rings is 2. The number of fused-ring (bicyclic) bond motifs is 2. The molecule has 0 aromatic heterocycles. The minimum atomic E-state index is -1.05. The minimum Gasteiger partial charge on any atom is -0.493 e. The lowest BCUT2D eigenvalue weighted by Crippen LogP contribution is -2.27. The summed E-state index contributed by atoms with van der Waals surface area (Å²) in [5, 5.41) is 21.0. The van der Waals surface area contributed by atoms with Crippen molar-refractivity contribution < 1.29 is 24.2 Å². The third kappa shape index (κ3) is 4.00. The van der Waals surface area contributed by atoms with Gasteiger partial charge in [0.15, 0.2) is 5.78 Å². The van der Waals surface area contributed by atoms with E-state index >= 15 is 0 Å². The third-order valence-corrected chi connectivity index (χ3v) is 6.22. The maximum absolute atomic E-state index is 13.2. The summed E-state index contributed by atoms with van der Waals surface area (Å²) in [6.07, 6.45) is 4.19. The molecular formula is C25H22N2O5. The lowest BCUT2D eigenvalue weighted by molar-refractivity contribution is -0.131. The molecule has 1 aliphatic heterocycles. The Balaban J connectivity index is 1.58. The van der Waals surface area contributed by atoms with Crippen LogP contribution in [0.1, 0.15) is 46.8 Å². The molecule has 1 aliphatic carbocycles. The average molecular weight is 430 g/mol. The zero-order valence-corrected chi connectivity index (χ0v) is 17.6. The Bertz CT molecular complexity index is 1190. The highest BCUT2D eigenvalue weighted by Crippen LogP contribution is 2.61. The minimum absolute atomic E-state index is 0.0393. The second-order valence-electron chi connectivity index (χ2n) is 8.20. The smallest absolute Gasteiger partial charge is 0.327 e. The van der Waals surface area contributed by atoms with Crippen LogP contribution in [0.3, 0.4) is 0 Å². The molecule has 162 valence electrons. The summed E-state index contributed by atoms with van der Waals surface area (Å²) in [6.45, 7) is 2.02. The molecule has 2 aromatic rings. The third-order valence-electron chi connectivity index (χ3n) is 6.22. The van der Waals surface area contributed by atoms with Crippen LogP contribution in [0.25, 0.3) is 0 Å². The second kappa shape index (κ2) is 8.31. The Hall–Kier alpha value is -3.92. The number of hydrogen-bond acceptors (Lipinski definition) is 5. The number of anilines is 1. The highest BCUT2D eigenvalue weighted by Gasteiger charge is 2.61. The summed E-state index contributed by atoms with van der Waals surface area (Å²) in [6, 6.07) is 12.4. The summed E-state index contributed by atoms with van der Waals surface area (Å²) in [5.41, 5.74) is 2.74. The molecule has 32 heavy (non-hydrogen) atoms. The van der Waals surface area contributed by atoms with Crippen molar-refractivity contribution in [2.75, 3.05) is 11.9 Å². The van der Waals surface area contributed by atoms with Gasteiger partial charge in [-0.1, -0.05) is 12.1 Å². The van der Waals surface area contributed by atoms with Crippen LogP contribution in [-0.2, 0) is 21.4 Å². The molecule has 2 N–H and O–H groups in total. The van der Waals surface area contributed by atoms with Gasteiger partial charge in [0.05, 0.1) is 18.2 Å². The fourth-order valence-corrected chi connectivity index (χ4v) is 4.41. The Kier molecular flexibility index (Phi) is 5.54. The highest BCUT2D eigenvalue weighted by atomic mass is 16.5. The number of rotatable bonds is 6. The van der Waals surface area contributed by atoms with E-state index < -0.39 is 5.97 Å². The van der Waals surface area contributed by atoms with Crippen LogP contribution in [0.2, 0.25) is 0 Å². The predicted octanol–water partition coefficient (Wildman–Crippen LogP) is 3.62. The van der Waals surface area contributed by atoms with Gasteiger partial charge in [-0.25, -0.2) is 4.79 Å². The van der Waals surface area contributed by atoms with E-state index in [1.165, 1.54) is 13.0 Å². The first-order valence-electron chi connectivity index (χ1n) is 10.4. The molecule has 7 nitrogen and oxygen atoms in total. The maximum atomic E-state index is 13.2. The van der Waals surface area contributed by atoms with Crippen molar-refractivity contribution in [1.29, 1.82) is 5.26 Å². The first-order valence-corrected chi connectivity index (χ1v) is 10.4. The molecule has 0 bridgehead atoms. The molecule has 0 saturated heterocycles. The van der Waals surface area contributed by atoms with Crippen molar-refractivity contribution in [2.45, 2.75) is 31.6 Å². The second-order valence-corrected chi connectivity index (χ2v) is 8.20. The molecule has 1 heterocycles. The Morgan fingerprint density at radius 3 is 2.81 bits per heavy atom. The van der Waals surface area contributed by atoms with Crippen LogP contribution in [0.5, 0.6) is 5.75 Å². The number of carbonyl (C=O) groups excluding carboxylic acids is 2. The predicted molar refractivity (Wildman–Crippen MR) is 117 cm³/mol. The van der Waals surface area contributed by atoms with Crippen LogP contribution < -0.4 is 10.1 Å². The number of carboxylic acid groups (broad SMARTS) is 1. The topological polar surface area (TPSA) is 116 Å². The molecule has 1 amide bonds. The van der Waals surface area contributed by atoms with Crippen LogP contribution in [-0.4, -0.2) is 29.4 Å². The molecular weight excluding hydrogens is 408 g/mol. The number of amides is 1. The number of carbonyl (C=O) groups is 3. The van der Waals surface area contributed by atoms with E-state index in [-0.39, 0.29) is 23.0 Å². The number of carboxylic acids is 1. The molecule has 2 aliphatic rings. The van der Waals surface area contributed by atoms with Gasteiger partial charge < -0.3 is 15.2 Å². The van der Waals surface area contributed by atoms with Crippen LogP contribution in [0.4, 0.5) is 5.69 Å². The first-order chi connectivity index (χ1) is 15.3. The molecule has 2 atom stereocenters. The van der Waals surface area contributed by atoms with Gasteiger partial charge in [0.25, 0.3) is 0 Å². The number of nitriles is 1. The van der Waals surface area contributed by atoms with Gasteiger partial charge in [0.2, 0.25) is 5.91 Å². The lowest BCUT2D eigenvalue weighted by atomic mass is 9.86. The molecule has 1 saturated carbocycles. The summed E-state index contributed by atoms with van der Waals surface area (Å²) < 4.78 is 5.76. The van der Waals surface area contributed by atoms with Crippen molar-refractivity contribution >= 4 is 23.3 Å². The van der Waals surface area contributed by atoms with Crippen LogP contribution >= 0.6 is 0 Å². The normalized spacial score (nSPS) is 20.8. The van der Waals surface area contributed by atoms with Crippen molar-refractivity contribution in [3.63, 3.8) is 0 Å². The molecule has 4 rings (SSSR count). The summed E-state index contributed by atoms with van der Waals surface area (Å²) in [5.74, 6) is -0.817. The number of ketones is 1. The molecule has 0 radical (unpaired) electrons. The standard InChI is InChI=1S/C25H22N2O5/c1-15(28)18-7-8-22-19(12-18)25(9-10-32-22)13-20(25)24(31)27-21-11-16(14-26)5-6-17(21)3-2-4-23(29)30/h2,4-8,11-12,20H,3,9-10,13H2,1H3,(H,27,31)(H,29,30)/t20-,25-/m0/s1. The van der Waals surface area contributed by atoms with Gasteiger partial charge in [-0.15, -0.1) is 0 Å². The SMILES string of the molecule is CC(=O)c1ccc2c(c1)[C@]1(CCO2)C[C@H]1C(=O)Nc1cc(C#N)ccc1CC=CC(=O)O. The average Bonchev–Trinajstić information content (AvgIpc) is 3.49. The first kappa shape index (κ1) is 21.3. The Morgan fingerprint density at radius 1 is 1.28 bits per heavy atom. The Labute approximate surface area is 185 Å². The molecule has 0 unspecified atom stereocenters. The summed E-state index contributed by atoms with van der Waals surface area (Å²) >= 11 is 0. The summed E-state index contributed by atoms with van der Waals surface area (Å²) in [7, 11) is 0. The number of hydrogen-bond donors (Lipinski definition) is 2. The zero-order chi connectivity index (χ0) is 22.9. The quantitative estimate of drug-likeness (QED) is 0.534.